The number of amides is 2. The highest BCUT2D eigenvalue weighted by Crippen LogP contribution is 2.19. The van der Waals surface area contributed by atoms with E-state index in [1.807, 2.05) is 19.1 Å². The fourth-order valence-corrected chi connectivity index (χ4v) is 3.28. The molecule has 35 heavy (non-hydrogen) atoms. The fraction of sp³-hybridized carbons (Fsp3) is 0.250. The Balaban J connectivity index is 0.000000247. The van der Waals surface area contributed by atoms with Gasteiger partial charge < -0.3 is 26.2 Å². The number of H-pyrrole nitrogens is 1. The Kier molecular flexibility index (Phi) is 9.21. The van der Waals surface area contributed by atoms with Crippen LogP contribution in [0.1, 0.15) is 46.6 Å². The van der Waals surface area contributed by atoms with Crippen molar-refractivity contribution in [2.24, 2.45) is 5.73 Å². The highest BCUT2D eigenvalue weighted by atomic mass is 16.4. The molecule has 11 heteroatoms. The normalized spacial score (nSPS) is 10.2. The molecule has 0 atom stereocenters. The van der Waals surface area contributed by atoms with E-state index < -0.39 is 23.8 Å². The van der Waals surface area contributed by atoms with Crippen molar-refractivity contribution in [3.05, 3.63) is 69.3 Å². The highest BCUT2D eigenvalue weighted by molar-refractivity contribution is 6.04. The summed E-state index contributed by atoms with van der Waals surface area (Å²) in [5.74, 6) is -2.65. The lowest BCUT2D eigenvalue weighted by molar-refractivity contribution is -0.138. The second-order valence-electron chi connectivity index (χ2n) is 7.68. The summed E-state index contributed by atoms with van der Waals surface area (Å²) in [5.41, 5.74) is 7.67. The standard InChI is InChI=1S/C12H14N2O4.C12H12N2O3/c1-7-3-2-4-8(11(7)12(13)18)14-9(15)5-6-10(16)17;1-7-3-2-4-8-11(7)12(17)14-9(13-8)5-6-10(15)16/h2-4H,5-6H2,1H3,(H2,13,18)(H,14,15)(H,16,17);2-4H,5-6H2,1H3,(H,15,16)(H,13,14,17). The minimum absolute atomic E-state index is 0.0414. The number of nitrogens with two attached hydrogens (primary N) is 1. The Labute approximate surface area is 200 Å². The van der Waals surface area contributed by atoms with Crippen molar-refractivity contribution in [3.8, 4) is 0 Å². The zero-order chi connectivity index (χ0) is 26.1. The van der Waals surface area contributed by atoms with Gasteiger partial charge in [-0.05, 0) is 37.1 Å². The zero-order valence-corrected chi connectivity index (χ0v) is 19.3. The number of hydrogen-bond donors (Lipinski definition) is 5. The van der Waals surface area contributed by atoms with Gasteiger partial charge in [0.25, 0.3) is 11.5 Å². The van der Waals surface area contributed by atoms with E-state index in [0.717, 1.165) is 5.56 Å². The zero-order valence-electron chi connectivity index (χ0n) is 19.3. The van der Waals surface area contributed by atoms with Crippen molar-refractivity contribution in [2.45, 2.75) is 39.5 Å². The number of carbonyl (C=O) groups is 4. The topological polar surface area (TPSA) is 193 Å². The van der Waals surface area contributed by atoms with Gasteiger partial charge in [0.15, 0.2) is 0 Å². The lowest BCUT2D eigenvalue weighted by atomic mass is 10.1. The smallest absolute Gasteiger partial charge is 0.303 e. The van der Waals surface area contributed by atoms with Crippen LogP contribution in [0, 0.1) is 13.8 Å². The number of carboxylic acids is 2. The van der Waals surface area contributed by atoms with Crippen molar-refractivity contribution in [1.82, 2.24) is 9.97 Å². The summed E-state index contributed by atoms with van der Waals surface area (Å²) in [6.45, 7) is 3.54. The van der Waals surface area contributed by atoms with Crippen molar-refractivity contribution in [2.75, 3.05) is 5.32 Å². The van der Waals surface area contributed by atoms with Crippen LogP contribution in [0.3, 0.4) is 0 Å². The summed E-state index contributed by atoms with van der Waals surface area (Å²) in [7, 11) is 0. The minimum atomic E-state index is -1.05. The predicted octanol–water partition coefficient (Wildman–Crippen LogP) is 2.15. The highest BCUT2D eigenvalue weighted by Gasteiger charge is 2.14. The second-order valence-corrected chi connectivity index (χ2v) is 7.68. The summed E-state index contributed by atoms with van der Waals surface area (Å²) in [4.78, 5) is 62.2. The van der Waals surface area contributed by atoms with Gasteiger partial charge in [-0.15, -0.1) is 0 Å². The Hall–Kier alpha value is -4.54. The van der Waals surface area contributed by atoms with E-state index in [9.17, 15) is 24.0 Å². The molecule has 2 amide bonds. The molecule has 1 heterocycles. The quantitative estimate of drug-likeness (QED) is 0.322. The van der Waals surface area contributed by atoms with Crippen molar-refractivity contribution in [3.63, 3.8) is 0 Å². The number of benzene rings is 2. The van der Waals surface area contributed by atoms with Crippen LogP contribution in [-0.2, 0) is 20.8 Å². The first-order valence-electron chi connectivity index (χ1n) is 10.6. The molecule has 2 aromatic carbocycles. The molecular formula is C24H26N4O7. The Morgan fingerprint density at radius 3 is 2.20 bits per heavy atom. The SMILES string of the molecule is Cc1cccc(NC(=O)CCC(=O)O)c1C(N)=O.Cc1cccc2nc(CCC(=O)O)[nH]c(=O)c12. The van der Waals surface area contributed by atoms with E-state index in [4.69, 9.17) is 15.9 Å². The van der Waals surface area contributed by atoms with Crippen molar-refractivity contribution in [1.29, 1.82) is 0 Å². The summed E-state index contributed by atoms with van der Waals surface area (Å²) in [5, 5.41) is 20.1. The van der Waals surface area contributed by atoms with E-state index in [1.54, 1.807) is 31.2 Å². The van der Waals surface area contributed by atoms with Gasteiger partial charge in [0, 0.05) is 12.8 Å². The number of aromatic nitrogens is 2. The summed E-state index contributed by atoms with van der Waals surface area (Å²) in [6, 6.07) is 10.3. The van der Waals surface area contributed by atoms with Crippen LogP contribution in [0.25, 0.3) is 10.9 Å². The number of rotatable bonds is 8. The molecule has 0 saturated carbocycles. The molecule has 6 N–H and O–H groups in total. The first-order valence-corrected chi connectivity index (χ1v) is 10.6. The van der Waals surface area contributed by atoms with Gasteiger partial charge in [0.05, 0.1) is 35.0 Å². The maximum Gasteiger partial charge on any atom is 0.303 e. The fourth-order valence-electron chi connectivity index (χ4n) is 3.28. The van der Waals surface area contributed by atoms with Crippen LogP contribution in [0.15, 0.2) is 41.2 Å². The molecule has 11 nitrogen and oxygen atoms in total. The first kappa shape index (κ1) is 26.7. The number of fused-ring (bicyclic) bond motifs is 1. The molecule has 0 spiro atoms. The molecule has 0 fully saturated rings. The van der Waals surface area contributed by atoms with E-state index in [2.05, 4.69) is 15.3 Å². The Morgan fingerprint density at radius 2 is 1.57 bits per heavy atom. The Bertz CT molecular complexity index is 1330. The van der Waals surface area contributed by atoms with Gasteiger partial charge >= 0.3 is 11.9 Å². The summed E-state index contributed by atoms with van der Waals surface area (Å²) in [6.07, 6.45) is -0.222. The van der Waals surface area contributed by atoms with Crippen molar-refractivity contribution >= 4 is 40.3 Å². The monoisotopic (exact) mass is 482 g/mol. The lowest BCUT2D eigenvalue weighted by Gasteiger charge is -2.10. The predicted molar refractivity (Wildman–Crippen MR) is 128 cm³/mol. The number of aryl methyl sites for hydroxylation is 3. The van der Waals surface area contributed by atoms with Gasteiger partial charge in [-0.25, -0.2) is 4.98 Å². The maximum atomic E-state index is 11.8. The molecule has 0 aliphatic carbocycles. The van der Waals surface area contributed by atoms with Gasteiger partial charge in [0.2, 0.25) is 5.91 Å². The number of anilines is 1. The van der Waals surface area contributed by atoms with Gasteiger partial charge in [0.1, 0.15) is 5.82 Å². The molecule has 0 aliphatic rings. The minimum Gasteiger partial charge on any atom is -0.481 e. The van der Waals surface area contributed by atoms with E-state index in [0.29, 0.717) is 28.0 Å². The molecule has 3 rings (SSSR count). The number of carbonyl (C=O) groups excluding carboxylic acids is 2. The molecule has 3 aromatic rings. The second kappa shape index (κ2) is 12.1. The van der Waals surface area contributed by atoms with E-state index in [1.165, 1.54) is 0 Å². The number of carboxylic acid groups (broad SMARTS) is 2. The largest absolute Gasteiger partial charge is 0.481 e. The number of primary amides is 1. The van der Waals surface area contributed by atoms with Gasteiger partial charge in [-0.2, -0.15) is 0 Å². The molecule has 184 valence electrons. The first-order chi connectivity index (χ1) is 16.5. The summed E-state index contributed by atoms with van der Waals surface area (Å²) < 4.78 is 0. The molecular weight excluding hydrogens is 456 g/mol. The molecule has 0 unspecified atom stereocenters. The molecule has 0 bridgehead atoms. The Morgan fingerprint density at radius 1 is 0.943 bits per heavy atom. The van der Waals surface area contributed by atoms with Crippen LogP contribution >= 0.6 is 0 Å². The number of aliphatic carboxylic acids is 2. The number of nitrogens with one attached hydrogen (secondary N) is 2. The number of hydrogen-bond acceptors (Lipinski definition) is 6. The maximum absolute atomic E-state index is 11.8. The average molecular weight is 482 g/mol. The van der Waals surface area contributed by atoms with E-state index in [-0.39, 0.29) is 36.8 Å². The van der Waals surface area contributed by atoms with Crippen molar-refractivity contribution < 1.29 is 29.4 Å². The third kappa shape index (κ3) is 7.77. The van der Waals surface area contributed by atoms with Crippen LogP contribution in [0.5, 0.6) is 0 Å². The molecule has 0 radical (unpaired) electrons. The van der Waals surface area contributed by atoms with Crippen LogP contribution in [0.2, 0.25) is 0 Å². The average Bonchev–Trinajstić information content (AvgIpc) is 2.76. The number of aromatic amines is 1. The summed E-state index contributed by atoms with van der Waals surface area (Å²) >= 11 is 0. The third-order valence-corrected chi connectivity index (χ3v) is 4.93. The number of nitrogens with zero attached hydrogens (tertiary/aromatic N) is 1. The third-order valence-electron chi connectivity index (χ3n) is 4.93. The van der Waals surface area contributed by atoms with Crippen LogP contribution in [0.4, 0.5) is 5.69 Å². The van der Waals surface area contributed by atoms with Crippen LogP contribution < -0.4 is 16.6 Å². The molecule has 0 saturated heterocycles. The van der Waals surface area contributed by atoms with Gasteiger partial charge in [-0.3, -0.25) is 24.0 Å². The molecule has 1 aromatic heterocycles. The lowest BCUT2D eigenvalue weighted by Crippen LogP contribution is -2.19. The van der Waals surface area contributed by atoms with E-state index >= 15 is 0 Å². The van der Waals surface area contributed by atoms with Gasteiger partial charge in [-0.1, -0.05) is 24.3 Å². The van der Waals surface area contributed by atoms with Crippen LogP contribution in [-0.4, -0.2) is 43.9 Å². The molecule has 0 aliphatic heterocycles.